The van der Waals surface area contributed by atoms with Gasteiger partial charge < -0.3 is 9.67 Å². The van der Waals surface area contributed by atoms with Crippen molar-refractivity contribution in [2.45, 2.75) is 11.8 Å². The van der Waals surface area contributed by atoms with Crippen molar-refractivity contribution in [1.82, 2.24) is 4.57 Å². The molecule has 3 aromatic rings. The van der Waals surface area contributed by atoms with Crippen molar-refractivity contribution in [2.24, 2.45) is 7.05 Å². The van der Waals surface area contributed by atoms with E-state index in [0.29, 0.717) is 16.8 Å². The van der Waals surface area contributed by atoms with E-state index in [1.54, 1.807) is 30.3 Å². The van der Waals surface area contributed by atoms with E-state index < -0.39 is 5.97 Å². The highest BCUT2D eigenvalue weighted by Gasteiger charge is 2.24. The number of benzene rings is 2. The number of aromatic carboxylic acids is 1. The minimum absolute atomic E-state index is 0.135. The van der Waals surface area contributed by atoms with Gasteiger partial charge in [0.05, 0.1) is 5.56 Å². The van der Waals surface area contributed by atoms with Gasteiger partial charge in [-0.25, -0.2) is 4.79 Å². The molecule has 0 unspecified atom stereocenters. The molecule has 0 amide bonds. The van der Waals surface area contributed by atoms with Crippen LogP contribution in [0.25, 0.3) is 22.3 Å². The normalized spacial score (nSPS) is 10.5. The minimum atomic E-state index is -1.04. The summed E-state index contributed by atoms with van der Waals surface area (Å²) in [6.45, 7) is 1.76. The molecule has 2 aromatic carbocycles. The van der Waals surface area contributed by atoms with Gasteiger partial charge >= 0.3 is 5.97 Å². The number of carboxylic acid groups (broad SMARTS) is 1. The van der Waals surface area contributed by atoms with Crippen molar-refractivity contribution in [3.05, 3.63) is 65.5 Å². The summed E-state index contributed by atoms with van der Waals surface area (Å²) < 4.78 is 1.56. The summed E-state index contributed by atoms with van der Waals surface area (Å²) in [5, 5.41) is 19.1. The number of thioether (sulfide) groups is 1. The number of carboxylic acids is 1. The number of rotatable bonds is 4. The van der Waals surface area contributed by atoms with Gasteiger partial charge in [-0.05, 0) is 35.9 Å². The molecule has 1 N–H and O–H groups in total. The Balaban J connectivity index is 2.15. The summed E-state index contributed by atoms with van der Waals surface area (Å²) in [4.78, 5) is 12.9. The average Bonchev–Trinajstić information content (AvgIpc) is 2.92. The molecule has 0 bridgehead atoms. The zero-order valence-electron chi connectivity index (χ0n) is 14.8. The molecule has 0 aliphatic carbocycles. The monoisotopic (exact) mass is 362 g/mol. The number of nitriles is 1. The lowest BCUT2D eigenvalue weighted by Crippen LogP contribution is -2.06. The standard InChI is InChI=1S/C21H18N2O2S/c1-13-17(12-22)19(20(21(24)25)23(13)2)15-10-8-14(9-11-15)16-6-4-5-7-18(16)26-3/h4-11H,1-3H3,(H,24,25). The first-order chi connectivity index (χ1) is 12.5. The molecule has 0 saturated heterocycles. The molecule has 26 heavy (non-hydrogen) atoms. The Hall–Kier alpha value is -2.97. The Morgan fingerprint density at radius 1 is 1.12 bits per heavy atom. The van der Waals surface area contributed by atoms with E-state index in [-0.39, 0.29) is 5.69 Å². The lowest BCUT2D eigenvalue weighted by Gasteiger charge is -2.09. The number of carbonyl (C=O) groups is 1. The van der Waals surface area contributed by atoms with E-state index in [9.17, 15) is 15.2 Å². The second kappa shape index (κ2) is 7.11. The minimum Gasteiger partial charge on any atom is -0.477 e. The summed E-state index contributed by atoms with van der Waals surface area (Å²) in [5.74, 6) is -1.04. The van der Waals surface area contributed by atoms with Gasteiger partial charge in [-0.15, -0.1) is 11.8 Å². The van der Waals surface area contributed by atoms with E-state index in [4.69, 9.17) is 0 Å². The number of nitrogens with zero attached hydrogens (tertiary/aromatic N) is 2. The molecule has 0 fully saturated rings. The van der Waals surface area contributed by atoms with Gasteiger partial charge in [0, 0.05) is 23.2 Å². The van der Waals surface area contributed by atoms with Crippen LogP contribution in [0.3, 0.4) is 0 Å². The average molecular weight is 362 g/mol. The Bertz CT molecular complexity index is 1030. The largest absolute Gasteiger partial charge is 0.477 e. The Labute approximate surface area is 156 Å². The van der Waals surface area contributed by atoms with Crippen LogP contribution in [0.4, 0.5) is 0 Å². The first-order valence-corrected chi connectivity index (χ1v) is 9.28. The maximum atomic E-state index is 11.7. The zero-order valence-corrected chi connectivity index (χ0v) is 15.6. The van der Waals surface area contributed by atoms with Crippen molar-refractivity contribution in [3.8, 4) is 28.3 Å². The molecule has 0 aliphatic heterocycles. The van der Waals surface area contributed by atoms with E-state index in [1.165, 1.54) is 4.90 Å². The van der Waals surface area contributed by atoms with Gasteiger partial charge in [0.25, 0.3) is 0 Å². The van der Waals surface area contributed by atoms with Crippen molar-refractivity contribution < 1.29 is 9.90 Å². The predicted molar refractivity (Wildman–Crippen MR) is 104 cm³/mol. The van der Waals surface area contributed by atoms with E-state index >= 15 is 0 Å². The van der Waals surface area contributed by atoms with E-state index in [2.05, 4.69) is 18.2 Å². The van der Waals surface area contributed by atoms with Gasteiger partial charge in [-0.1, -0.05) is 42.5 Å². The fourth-order valence-electron chi connectivity index (χ4n) is 3.17. The summed E-state index contributed by atoms with van der Waals surface area (Å²) >= 11 is 1.68. The topological polar surface area (TPSA) is 66.0 Å². The van der Waals surface area contributed by atoms with E-state index in [1.807, 2.05) is 42.7 Å². The molecule has 0 spiro atoms. The maximum Gasteiger partial charge on any atom is 0.353 e. The molecule has 130 valence electrons. The molecule has 0 radical (unpaired) electrons. The number of hydrogen-bond donors (Lipinski definition) is 1. The Morgan fingerprint density at radius 3 is 2.31 bits per heavy atom. The van der Waals surface area contributed by atoms with Crippen molar-refractivity contribution >= 4 is 17.7 Å². The quantitative estimate of drug-likeness (QED) is 0.666. The molecule has 0 saturated carbocycles. The van der Waals surface area contributed by atoms with E-state index in [0.717, 1.165) is 16.7 Å². The van der Waals surface area contributed by atoms with Crippen LogP contribution in [0, 0.1) is 18.3 Å². The first-order valence-electron chi connectivity index (χ1n) is 8.06. The van der Waals surface area contributed by atoms with Crippen molar-refractivity contribution in [3.63, 3.8) is 0 Å². The third-order valence-electron chi connectivity index (χ3n) is 4.59. The molecule has 5 heteroatoms. The highest BCUT2D eigenvalue weighted by molar-refractivity contribution is 7.98. The first kappa shape index (κ1) is 17.8. The van der Waals surface area contributed by atoms with Gasteiger partial charge in [0.2, 0.25) is 0 Å². The molecule has 1 heterocycles. The Kier molecular flexibility index (Phi) is 4.88. The van der Waals surface area contributed by atoms with Crippen LogP contribution in [-0.2, 0) is 7.05 Å². The fourth-order valence-corrected chi connectivity index (χ4v) is 3.79. The van der Waals surface area contributed by atoms with Gasteiger partial charge in [0.1, 0.15) is 11.8 Å². The third-order valence-corrected chi connectivity index (χ3v) is 5.39. The molecule has 0 aliphatic rings. The van der Waals surface area contributed by atoms with Crippen LogP contribution < -0.4 is 0 Å². The molecule has 3 rings (SSSR count). The Morgan fingerprint density at radius 2 is 1.73 bits per heavy atom. The highest BCUT2D eigenvalue weighted by atomic mass is 32.2. The smallest absolute Gasteiger partial charge is 0.353 e. The molecule has 4 nitrogen and oxygen atoms in total. The highest BCUT2D eigenvalue weighted by Crippen LogP contribution is 2.35. The van der Waals surface area contributed by atoms with Gasteiger partial charge in [-0.2, -0.15) is 5.26 Å². The zero-order chi connectivity index (χ0) is 18.8. The number of aromatic nitrogens is 1. The SMILES string of the molecule is CSc1ccccc1-c1ccc(-c2c(C#N)c(C)n(C)c2C(=O)O)cc1. The summed E-state index contributed by atoms with van der Waals surface area (Å²) in [6.07, 6.45) is 2.04. The van der Waals surface area contributed by atoms with Crippen molar-refractivity contribution in [2.75, 3.05) is 6.26 Å². The maximum absolute atomic E-state index is 11.7. The lowest BCUT2D eigenvalue weighted by atomic mass is 9.97. The van der Waals surface area contributed by atoms with Crippen LogP contribution in [0.1, 0.15) is 21.7 Å². The molecular weight excluding hydrogens is 344 g/mol. The van der Waals surface area contributed by atoms with Crippen LogP contribution in [0.2, 0.25) is 0 Å². The third kappa shape index (κ3) is 2.89. The van der Waals surface area contributed by atoms with Gasteiger partial charge in [0.15, 0.2) is 0 Å². The summed E-state index contributed by atoms with van der Waals surface area (Å²) in [6, 6.07) is 18.0. The van der Waals surface area contributed by atoms with Gasteiger partial charge in [-0.3, -0.25) is 0 Å². The van der Waals surface area contributed by atoms with Crippen LogP contribution in [0.5, 0.6) is 0 Å². The second-order valence-electron chi connectivity index (χ2n) is 5.94. The predicted octanol–water partition coefficient (Wildman–Crippen LogP) is 4.96. The fraction of sp³-hybridized carbons (Fsp3) is 0.143. The summed E-state index contributed by atoms with van der Waals surface area (Å²) in [7, 11) is 1.67. The number of hydrogen-bond acceptors (Lipinski definition) is 3. The van der Waals surface area contributed by atoms with Crippen molar-refractivity contribution in [1.29, 1.82) is 5.26 Å². The molecular formula is C21H18N2O2S. The second-order valence-corrected chi connectivity index (χ2v) is 6.79. The molecule has 0 atom stereocenters. The van der Waals surface area contributed by atoms with Crippen LogP contribution in [-0.4, -0.2) is 21.9 Å². The van der Waals surface area contributed by atoms with Crippen LogP contribution >= 0.6 is 11.8 Å². The molecule has 1 aromatic heterocycles. The summed E-state index contributed by atoms with van der Waals surface area (Å²) in [5.41, 5.74) is 4.59. The van der Waals surface area contributed by atoms with Crippen LogP contribution in [0.15, 0.2) is 53.4 Å². The lowest BCUT2D eigenvalue weighted by molar-refractivity contribution is 0.0687.